The molecule has 1 atom stereocenters. The van der Waals surface area contributed by atoms with Gasteiger partial charge in [-0.3, -0.25) is 5.21 Å². The van der Waals surface area contributed by atoms with Crippen molar-refractivity contribution in [1.29, 1.82) is 0 Å². The molecule has 98 valence electrons. The largest absolute Gasteiger partial charge is 0.457 e. The van der Waals surface area contributed by atoms with Gasteiger partial charge >= 0.3 is 0 Å². The Hall–Kier alpha value is -2.53. The van der Waals surface area contributed by atoms with Gasteiger partial charge in [0, 0.05) is 4.90 Å². The summed E-state index contributed by atoms with van der Waals surface area (Å²) in [5.74, 6) is 1.33. The third-order valence-corrected chi connectivity index (χ3v) is 2.47. The first kappa shape index (κ1) is 12.9. The third-order valence-electron chi connectivity index (χ3n) is 2.47. The van der Waals surface area contributed by atoms with Gasteiger partial charge in [-0.15, -0.1) is 0 Å². The second-order valence-corrected chi connectivity index (χ2v) is 3.88. The van der Waals surface area contributed by atoms with E-state index >= 15 is 0 Å². The first-order chi connectivity index (χ1) is 9.15. The Labute approximate surface area is 110 Å². The molecule has 0 aliphatic heterocycles. The van der Waals surface area contributed by atoms with Gasteiger partial charge in [0.25, 0.3) is 0 Å². The third kappa shape index (κ3) is 3.72. The Morgan fingerprint density at radius 3 is 2.16 bits per heavy atom. The molecule has 1 unspecified atom stereocenters. The minimum Gasteiger partial charge on any atom is -0.457 e. The summed E-state index contributed by atoms with van der Waals surface area (Å²) in [5.41, 5.74) is 0.482. The van der Waals surface area contributed by atoms with Crippen molar-refractivity contribution in [2.24, 2.45) is 0 Å². The fourth-order valence-electron chi connectivity index (χ4n) is 1.56. The van der Waals surface area contributed by atoms with Gasteiger partial charge in [-0.2, -0.15) is 0 Å². The number of nitrogens with zero attached hydrogens (tertiary/aromatic N) is 1. The summed E-state index contributed by atoms with van der Waals surface area (Å²) in [6, 6.07) is 15.9. The summed E-state index contributed by atoms with van der Waals surface area (Å²) >= 11 is 0. The summed E-state index contributed by atoms with van der Waals surface area (Å²) in [7, 11) is 0. The quantitative estimate of drug-likeness (QED) is 0.383. The van der Waals surface area contributed by atoms with Crippen LogP contribution in [-0.4, -0.2) is 21.4 Å². The number of hydrogen-bond donors (Lipinski definition) is 2. The SMILES string of the molecule is [O-][N+](O)=CC(O)c1ccc(Oc2ccccc2)cc1. The molecule has 5 nitrogen and oxygen atoms in total. The van der Waals surface area contributed by atoms with Gasteiger partial charge < -0.3 is 15.1 Å². The minimum atomic E-state index is -1.16. The number of hydrogen-bond acceptors (Lipinski definition) is 4. The van der Waals surface area contributed by atoms with Crippen LogP contribution in [0.2, 0.25) is 0 Å². The van der Waals surface area contributed by atoms with Crippen LogP contribution in [0.25, 0.3) is 0 Å². The second kappa shape index (κ2) is 5.88. The number of rotatable bonds is 4. The summed E-state index contributed by atoms with van der Waals surface area (Å²) in [6.07, 6.45) is -0.416. The minimum absolute atomic E-state index is 0.418. The Bertz CT molecular complexity index is 547. The Morgan fingerprint density at radius 2 is 1.58 bits per heavy atom. The van der Waals surface area contributed by atoms with E-state index < -0.39 is 11.0 Å². The van der Waals surface area contributed by atoms with Gasteiger partial charge in [0.15, 0.2) is 6.10 Å². The standard InChI is InChI=1S/C14H13NO4/c16-14(10-15(17)18)11-6-8-13(9-7-11)19-12-4-2-1-3-5-12/h1-10,14,16H,(H,17,18). The highest BCUT2D eigenvalue weighted by molar-refractivity contribution is 5.60. The van der Waals surface area contributed by atoms with Gasteiger partial charge in [0.2, 0.25) is 6.21 Å². The summed E-state index contributed by atoms with van der Waals surface area (Å²) < 4.78 is 5.58. The predicted octanol–water partition coefficient (Wildman–Crippen LogP) is 2.48. The van der Waals surface area contributed by atoms with Crippen molar-refractivity contribution >= 4 is 6.21 Å². The van der Waals surface area contributed by atoms with E-state index in [2.05, 4.69) is 0 Å². The lowest BCUT2D eigenvalue weighted by Crippen LogP contribution is -2.07. The summed E-state index contributed by atoms with van der Waals surface area (Å²) in [5, 5.41) is 28.4. The van der Waals surface area contributed by atoms with Gasteiger partial charge in [-0.05, 0) is 29.8 Å². The highest BCUT2D eigenvalue weighted by Crippen LogP contribution is 2.22. The molecule has 0 aliphatic rings. The number of aliphatic hydroxyl groups is 1. The first-order valence-corrected chi connectivity index (χ1v) is 5.66. The van der Waals surface area contributed by atoms with Crippen LogP contribution in [0.4, 0.5) is 0 Å². The zero-order chi connectivity index (χ0) is 13.7. The lowest BCUT2D eigenvalue weighted by Gasteiger charge is -2.07. The van der Waals surface area contributed by atoms with E-state index in [0.29, 0.717) is 17.1 Å². The molecule has 0 heterocycles. The molecule has 0 fully saturated rings. The van der Waals surface area contributed by atoms with E-state index in [1.54, 1.807) is 24.3 Å². The average Bonchev–Trinajstić information content (AvgIpc) is 2.40. The molecule has 0 spiro atoms. The fourth-order valence-corrected chi connectivity index (χ4v) is 1.56. The monoisotopic (exact) mass is 259 g/mol. The molecule has 0 amide bonds. The van der Waals surface area contributed by atoms with E-state index in [4.69, 9.17) is 9.94 Å². The Kier molecular flexibility index (Phi) is 4.00. The van der Waals surface area contributed by atoms with E-state index in [1.165, 1.54) is 0 Å². The van der Waals surface area contributed by atoms with Crippen LogP contribution in [0, 0.1) is 5.21 Å². The normalized spacial score (nSPS) is 13.0. The van der Waals surface area contributed by atoms with Crippen molar-refractivity contribution < 1.29 is 20.0 Å². The molecule has 2 N–H and O–H groups in total. The molecule has 0 bridgehead atoms. The van der Waals surface area contributed by atoms with Crippen LogP contribution in [-0.2, 0) is 0 Å². The van der Waals surface area contributed by atoms with Crippen molar-refractivity contribution in [3.63, 3.8) is 0 Å². The first-order valence-electron chi connectivity index (χ1n) is 5.66. The van der Waals surface area contributed by atoms with Gasteiger partial charge in [0.05, 0.1) is 0 Å². The van der Waals surface area contributed by atoms with Crippen molar-refractivity contribution in [1.82, 2.24) is 0 Å². The van der Waals surface area contributed by atoms with Crippen molar-refractivity contribution in [2.45, 2.75) is 6.10 Å². The maximum atomic E-state index is 10.4. The Morgan fingerprint density at radius 1 is 1.00 bits per heavy atom. The number of aliphatic hydroxyl groups excluding tert-OH is 1. The van der Waals surface area contributed by atoms with E-state index in [1.807, 2.05) is 30.3 Å². The maximum absolute atomic E-state index is 10.4. The highest BCUT2D eigenvalue weighted by Gasteiger charge is 2.09. The molecule has 2 rings (SSSR count). The van der Waals surface area contributed by atoms with Crippen LogP contribution in [0.1, 0.15) is 11.7 Å². The number of ether oxygens (including phenoxy) is 1. The maximum Gasteiger partial charge on any atom is 0.242 e. The predicted molar refractivity (Wildman–Crippen MR) is 69.4 cm³/mol. The van der Waals surface area contributed by atoms with E-state index in [-0.39, 0.29) is 0 Å². The van der Waals surface area contributed by atoms with Crippen molar-refractivity contribution in [2.75, 3.05) is 0 Å². The molecule has 0 radical (unpaired) electrons. The van der Waals surface area contributed by atoms with Crippen LogP contribution >= 0.6 is 0 Å². The van der Waals surface area contributed by atoms with E-state index in [9.17, 15) is 10.3 Å². The number of para-hydroxylation sites is 1. The summed E-state index contributed by atoms with van der Waals surface area (Å²) in [6.45, 7) is 0. The zero-order valence-corrected chi connectivity index (χ0v) is 10.0. The molecule has 0 saturated carbocycles. The highest BCUT2D eigenvalue weighted by atomic mass is 16.8. The van der Waals surface area contributed by atoms with Gasteiger partial charge in [0.1, 0.15) is 11.5 Å². The van der Waals surface area contributed by atoms with Crippen molar-refractivity contribution in [3.05, 3.63) is 65.4 Å². The molecule has 5 heteroatoms. The molecule has 2 aromatic rings. The van der Waals surface area contributed by atoms with Crippen molar-refractivity contribution in [3.8, 4) is 11.5 Å². The van der Waals surface area contributed by atoms with Crippen LogP contribution < -0.4 is 4.74 Å². The van der Waals surface area contributed by atoms with Gasteiger partial charge in [-0.1, -0.05) is 30.3 Å². The fraction of sp³-hybridized carbons (Fsp3) is 0.0714. The smallest absolute Gasteiger partial charge is 0.242 e. The molecule has 2 aromatic carbocycles. The topological polar surface area (TPSA) is 75.8 Å². The van der Waals surface area contributed by atoms with Gasteiger partial charge in [-0.25, -0.2) is 0 Å². The lowest BCUT2D eigenvalue weighted by atomic mass is 10.1. The molecular formula is C14H13NO4. The molecule has 0 aliphatic carbocycles. The molecule has 19 heavy (non-hydrogen) atoms. The Balaban J connectivity index is 2.09. The number of benzene rings is 2. The molecule has 0 aromatic heterocycles. The second-order valence-electron chi connectivity index (χ2n) is 3.88. The zero-order valence-electron chi connectivity index (χ0n) is 10.0. The summed E-state index contributed by atoms with van der Waals surface area (Å²) in [4.78, 5) is -0.418. The lowest BCUT2D eigenvalue weighted by molar-refractivity contribution is -0.724. The molecule has 0 saturated heterocycles. The van der Waals surface area contributed by atoms with E-state index in [0.717, 1.165) is 6.21 Å². The van der Waals surface area contributed by atoms with Crippen LogP contribution in [0.15, 0.2) is 54.6 Å². The van der Waals surface area contributed by atoms with Crippen LogP contribution in [0.5, 0.6) is 11.5 Å². The van der Waals surface area contributed by atoms with Crippen LogP contribution in [0.3, 0.4) is 0 Å². The average molecular weight is 259 g/mol. The molecular weight excluding hydrogens is 246 g/mol.